The van der Waals surface area contributed by atoms with Crippen molar-refractivity contribution in [2.45, 2.75) is 53.5 Å². The van der Waals surface area contributed by atoms with Gasteiger partial charge in [-0.1, -0.05) is 6.07 Å². The van der Waals surface area contributed by atoms with Gasteiger partial charge in [0.2, 0.25) is 11.8 Å². The summed E-state index contributed by atoms with van der Waals surface area (Å²) in [7, 11) is 0. The van der Waals surface area contributed by atoms with Crippen molar-refractivity contribution in [2.75, 3.05) is 25.0 Å². The molecule has 1 aliphatic heterocycles. The van der Waals surface area contributed by atoms with Crippen molar-refractivity contribution in [1.29, 1.82) is 0 Å². The van der Waals surface area contributed by atoms with Crippen LogP contribution in [0.15, 0.2) is 18.2 Å². The number of carbonyl (C=O) groups excluding carboxylic acids is 3. The summed E-state index contributed by atoms with van der Waals surface area (Å²) in [5.41, 5.74) is 1.69. The Labute approximate surface area is 166 Å². The van der Waals surface area contributed by atoms with Gasteiger partial charge in [0.1, 0.15) is 5.41 Å². The average Bonchev–Trinajstić information content (AvgIpc) is 2.65. The second-order valence-corrected chi connectivity index (χ2v) is 7.81. The Bertz CT molecular complexity index is 737. The summed E-state index contributed by atoms with van der Waals surface area (Å²) in [5.74, 6) is -0.666. The molecule has 0 aliphatic carbocycles. The molecule has 1 heterocycles. The zero-order valence-corrected chi connectivity index (χ0v) is 17.4. The third-order valence-corrected chi connectivity index (χ3v) is 5.26. The maximum absolute atomic E-state index is 12.7. The molecule has 7 heteroatoms. The summed E-state index contributed by atoms with van der Waals surface area (Å²) in [6.07, 6.45) is 0.958. The predicted octanol–water partition coefficient (Wildman–Crippen LogP) is 3.01. The molecule has 1 aliphatic rings. The number of hydrogen-bond donors (Lipinski definition) is 2. The fourth-order valence-electron chi connectivity index (χ4n) is 3.00. The lowest BCUT2D eigenvalue weighted by Gasteiger charge is -2.33. The first-order valence-electron chi connectivity index (χ1n) is 9.76. The van der Waals surface area contributed by atoms with Crippen molar-refractivity contribution < 1.29 is 19.1 Å². The first-order chi connectivity index (χ1) is 13.1. The molecule has 0 bridgehead atoms. The molecule has 2 rings (SSSR count). The van der Waals surface area contributed by atoms with E-state index in [0.29, 0.717) is 38.2 Å². The van der Waals surface area contributed by atoms with Gasteiger partial charge in [0, 0.05) is 24.8 Å². The van der Waals surface area contributed by atoms with E-state index in [1.54, 1.807) is 25.7 Å². The molecule has 2 N–H and O–H groups in total. The van der Waals surface area contributed by atoms with Gasteiger partial charge in [-0.25, -0.2) is 4.79 Å². The number of nitrogens with zero attached hydrogens (tertiary/aromatic N) is 1. The third-order valence-electron chi connectivity index (χ3n) is 5.26. The maximum atomic E-state index is 12.7. The fraction of sp³-hybridized carbons (Fsp3) is 0.571. The first-order valence-corrected chi connectivity index (χ1v) is 9.76. The van der Waals surface area contributed by atoms with Crippen molar-refractivity contribution in [3.8, 4) is 0 Å². The molecular formula is C21H31N3O4. The zero-order valence-electron chi connectivity index (χ0n) is 17.4. The van der Waals surface area contributed by atoms with E-state index >= 15 is 0 Å². The average molecular weight is 389 g/mol. The highest BCUT2D eigenvalue weighted by Gasteiger charge is 2.37. The van der Waals surface area contributed by atoms with Crippen LogP contribution in [0.2, 0.25) is 0 Å². The van der Waals surface area contributed by atoms with Crippen LogP contribution in [0.3, 0.4) is 0 Å². The molecule has 0 unspecified atom stereocenters. The maximum Gasteiger partial charge on any atom is 0.409 e. The molecule has 3 amide bonds. The molecule has 0 radical (unpaired) electrons. The van der Waals surface area contributed by atoms with E-state index in [9.17, 15) is 14.4 Å². The number of rotatable bonds is 5. The molecule has 154 valence electrons. The quantitative estimate of drug-likeness (QED) is 0.758. The van der Waals surface area contributed by atoms with E-state index in [1.807, 2.05) is 32.0 Å². The molecular weight excluding hydrogens is 358 g/mol. The number of likely N-dealkylation sites (tertiary alicyclic amines) is 1. The fourth-order valence-corrected chi connectivity index (χ4v) is 3.00. The molecule has 28 heavy (non-hydrogen) atoms. The van der Waals surface area contributed by atoms with Gasteiger partial charge in [0.25, 0.3) is 0 Å². The molecule has 1 aromatic carbocycles. The molecule has 0 atom stereocenters. The standard InChI is InChI=1S/C21H31N3O4/c1-6-28-20(27)24-11-9-16(10-12-24)22-18(25)21(4,5)19(26)23-17-8-7-14(2)15(3)13-17/h7-8,13,16H,6,9-12H2,1-5H3,(H,22,25)(H,23,26). The Kier molecular flexibility index (Phi) is 7.05. The Morgan fingerprint density at radius 1 is 1.11 bits per heavy atom. The van der Waals surface area contributed by atoms with Crippen LogP contribution in [0.1, 0.15) is 44.7 Å². The van der Waals surface area contributed by atoms with Gasteiger partial charge in [-0.05, 0) is 70.7 Å². The van der Waals surface area contributed by atoms with Crippen molar-refractivity contribution >= 4 is 23.6 Å². The normalized spacial score (nSPS) is 15.1. The molecule has 7 nitrogen and oxygen atoms in total. The van der Waals surface area contributed by atoms with Gasteiger partial charge in [-0.15, -0.1) is 0 Å². The summed E-state index contributed by atoms with van der Waals surface area (Å²) in [4.78, 5) is 38.8. The van der Waals surface area contributed by atoms with Crippen LogP contribution < -0.4 is 10.6 Å². The molecule has 0 aromatic heterocycles. The van der Waals surface area contributed by atoms with Crippen LogP contribution in [-0.2, 0) is 14.3 Å². The number of aryl methyl sites for hydroxylation is 2. The summed E-state index contributed by atoms with van der Waals surface area (Å²) in [5, 5.41) is 5.79. The Morgan fingerprint density at radius 3 is 2.32 bits per heavy atom. The van der Waals surface area contributed by atoms with Crippen LogP contribution in [0.4, 0.5) is 10.5 Å². The van der Waals surface area contributed by atoms with E-state index in [-0.39, 0.29) is 23.9 Å². The molecule has 1 aromatic rings. The number of amides is 3. The number of hydrogen-bond acceptors (Lipinski definition) is 4. The smallest absolute Gasteiger partial charge is 0.409 e. The number of benzene rings is 1. The summed E-state index contributed by atoms with van der Waals surface area (Å²) >= 11 is 0. The highest BCUT2D eigenvalue weighted by Crippen LogP contribution is 2.22. The van der Waals surface area contributed by atoms with E-state index in [4.69, 9.17) is 4.74 Å². The van der Waals surface area contributed by atoms with Crippen molar-refractivity contribution in [2.24, 2.45) is 5.41 Å². The Morgan fingerprint density at radius 2 is 1.75 bits per heavy atom. The molecule has 0 spiro atoms. The summed E-state index contributed by atoms with van der Waals surface area (Å²) < 4.78 is 5.00. The van der Waals surface area contributed by atoms with Gasteiger partial charge >= 0.3 is 6.09 Å². The second kappa shape index (κ2) is 9.08. The Hall–Kier alpha value is -2.57. The van der Waals surface area contributed by atoms with Crippen LogP contribution in [0.5, 0.6) is 0 Å². The van der Waals surface area contributed by atoms with Gasteiger partial charge in [0.05, 0.1) is 6.61 Å². The lowest BCUT2D eigenvalue weighted by molar-refractivity contribution is -0.139. The molecule has 1 saturated heterocycles. The summed E-state index contributed by atoms with van der Waals surface area (Å²) in [6, 6.07) is 5.60. The third kappa shape index (κ3) is 5.24. The van der Waals surface area contributed by atoms with E-state index in [0.717, 1.165) is 11.1 Å². The van der Waals surface area contributed by atoms with E-state index < -0.39 is 5.41 Å². The number of anilines is 1. The largest absolute Gasteiger partial charge is 0.450 e. The monoisotopic (exact) mass is 389 g/mol. The van der Waals surface area contributed by atoms with Gasteiger partial charge in [0.15, 0.2) is 0 Å². The molecule has 0 saturated carbocycles. The van der Waals surface area contributed by atoms with Gasteiger partial charge in [-0.2, -0.15) is 0 Å². The highest BCUT2D eigenvalue weighted by atomic mass is 16.6. The van der Waals surface area contributed by atoms with Crippen LogP contribution in [0.25, 0.3) is 0 Å². The van der Waals surface area contributed by atoms with Crippen LogP contribution in [-0.4, -0.2) is 48.5 Å². The zero-order chi connectivity index (χ0) is 20.9. The molecule has 1 fully saturated rings. The van der Waals surface area contributed by atoms with Crippen molar-refractivity contribution in [3.63, 3.8) is 0 Å². The SMILES string of the molecule is CCOC(=O)N1CCC(NC(=O)C(C)(C)C(=O)Nc2ccc(C)c(C)c2)CC1. The number of piperidine rings is 1. The number of carbonyl (C=O) groups is 3. The minimum absolute atomic E-state index is 0.0631. The lowest BCUT2D eigenvalue weighted by Crippen LogP contribution is -2.52. The Balaban J connectivity index is 1.90. The van der Waals surface area contributed by atoms with Crippen molar-refractivity contribution in [3.05, 3.63) is 29.3 Å². The van der Waals surface area contributed by atoms with E-state index in [2.05, 4.69) is 10.6 Å². The van der Waals surface area contributed by atoms with Crippen LogP contribution in [0, 0.1) is 19.3 Å². The lowest BCUT2D eigenvalue weighted by atomic mass is 9.89. The second-order valence-electron chi connectivity index (χ2n) is 7.81. The first kappa shape index (κ1) is 21.7. The minimum atomic E-state index is -1.21. The van der Waals surface area contributed by atoms with Gasteiger partial charge in [-0.3, -0.25) is 9.59 Å². The number of nitrogens with one attached hydrogen (secondary N) is 2. The predicted molar refractivity (Wildman–Crippen MR) is 108 cm³/mol. The number of ether oxygens (including phenoxy) is 1. The topological polar surface area (TPSA) is 87.7 Å². The summed E-state index contributed by atoms with van der Waals surface area (Å²) in [6.45, 7) is 10.4. The van der Waals surface area contributed by atoms with Crippen LogP contribution >= 0.6 is 0 Å². The van der Waals surface area contributed by atoms with Gasteiger partial charge < -0.3 is 20.3 Å². The highest BCUT2D eigenvalue weighted by molar-refractivity contribution is 6.09. The minimum Gasteiger partial charge on any atom is -0.450 e. The van der Waals surface area contributed by atoms with Crippen molar-refractivity contribution in [1.82, 2.24) is 10.2 Å². The van der Waals surface area contributed by atoms with E-state index in [1.165, 1.54) is 0 Å².